The molecule has 0 amide bonds. The fourth-order valence-corrected chi connectivity index (χ4v) is 1.88. The van der Waals surface area contributed by atoms with Crippen LogP contribution in [0.25, 0.3) is 0 Å². The third-order valence-electron chi connectivity index (χ3n) is 2.93. The molecule has 1 saturated carbocycles. The Bertz CT molecular complexity index is 187. The SMILES string of the molecule is CC1(C)OCC(C2(N)CCC2)O1. The quantitative estimate of drug-likeness (QED) is 0.640. The van der Waals surface area contributed by atoms with Crippen molar-refractivity contribution in [3.05, 3.63) is 0 Å². The monoisotopic (exact) mass is 171 g/mol. The molecular formula is C9H17NO2. The van der Waals surface area contributed by atoms with Gasteiger partial charge in [0.1, 0.15) is 6.10 Å². The first-order chi connectivity index (χ1) is 5.52. The van der Waals surface area contributed by atoms with Crippen molar-refractivity contribution < 1.29 is 9.47 Å². The molecule has 1 saturated heterocycles. The summed E-state index contributed by atoms with van der Waals surface area (Å²) < 4.78 is 11.2. The lowest BCUT2D eigenvalue weighted by Crippen LogP contribution is -2.57. The first kappa shape index (κ1) is 8.48. The van der Waals surface area contributed by atoms with Gasteiger partial charge in [-0.05, 0) is 33.1 Å². The minimum Gasteiger partial charge on any atom is -0.348 e. The standard InChI is InChI=1S/C9H17NO2/c1-8(2)11-6-7(12-8)9(10)4-3-5-9/h7H,3-6,10H2,1-2H3. The maximum atomic E-state index is 6.12. The summed E-state index contributed by atoms with van der Waals surface area (Å²) in [6, 6.07) is 0. The summed E-state index contributed by atoms with van der Waals surface area (Å²) in [5, 5.41) is 0. The molecule has 1 aliphatic carbocycles. The van der Waals surface area contributed by atoms with Crippen molar-refractivity contribution in [3.63, 3.8) is 0 Å². The van der Waals surface area contributed by atoms with Crippen LogP contribution in [0, 0.1) is 0 Å². The second kappa shape index (κ2) is 2.44. The van der Waals surface area contributed by atoms with Crippen molar-refractivity contribution >= 4 is 0 Å². The van der Waals surface area contributed by atoms with Crippen LogP contribution in [-0.4, -0.2) is 24.0 Å². The first-order valence-electron chi connectivity index (χ1n) is 4.63. The zero-order chi connectivity index (χ0) is 8.82. The van der Waals surface area contributed by atoms with Crippen LogP contribution in [-0.2, 0) is 9.47 Å². The van der Waals surface area contributed by atoms with Crippen LogP contribution >= 0.6 is 0 Å². The second-order valence-electron chi connectivity index (χ2n) is 4.40. The van der Waals surface area contributed by atoms with Crippen LogP contribution in [0.1, 0.15) is 33.1 Å². The summed E-state index contributed by atoms with van der Waals surface area (Å²) in [7, 11) is 0. The number of hydrogen-bond acceptors (Lipinski definition) is 3. The van der Waals surface area contributed by atoms with Gasteiger partial charge in [0.2, 0.25) is 0 Å². The fraction of sp³-hybridized carbons (Fsp3) is 1.00. The maximum absolute atomic E-state index is 6.12. The molecule has 70 valence electrons. The van der Waals surface area contributed by atoms with E-state index < -0.39 is 5.79 Å². The van der Waals surface area contributed by atoms with Crippen LogP contribution in [0.2, 0.25) is 0 Å². The molecule has 1 atom stereocenters. The molecule has 0 spiro atoms. The van der Waals surface area contributed by atoms with Crippen LogP contribution < -0.4 is 5.73 Å². The van der Waals surface area contributed by atoms with Crippen LogP contribution in [0.5, 0.6) is 0 Å². The molecule has 0 bridgehead atoms. The highest BCUT2D eigenvalue weighted by atomic mass is 16.7. The smallest absolute Gasteiger partial charge is 0.163 e. The molecule has 12 heavy (non-hydrogen) atoms. The topological polar surface area (TPSA) is 44.5 Å². The zero-order valence-electron chi connectivity index (χ0n) is 7.80. The van der Waals surface area contributed by atoms with E-state index in [0.717, 1.165) is 12.8 Å². The number of rotatable bonds is 1. The molecule has 1 unspecified atom stereocenters. The first-order valence-corrected chi connectivity index (χ1v) is 4.63. The Morgan fingerprint density at radius 1 is 1.33 bits per heavy atom. The van der Waals surface area contributed by atoms with E-state index in [1.807, 2.05) is 13.8 Å². The fourth-order valence-electron chi connectivity index (χ4n) is 1.88. The predicted octanol–water partition coefficient (Wildman–Crippen LogP) is 1.02. The summed E-state index contributed by atoms with van der Waals surface area (Å²) >= 11 is 0. The van der Waals surface area contributed by atoms with Gasteiger partial charge in [-0.2, -0.15) is 0 Å². The third-order valence-corrected chi connectivity index (χ3v) is 2.93. The molecule has 2 N–H and O–H groups in total. The van der Waals surface area contributed by atoms with Crippen molar-refractivity contribution in [2.45, 2.75) is 50.5 Å². The van der Waals surface area contributed by atoms with Crippen molar-refractivity contribution in [3.8, 4) is 0 Å². The molecule has 2 aliphatic rings. The van der Waals surface area contributed by atoms with E-state index in [2.05, 4.69) is 0 Å². The van der Waals surface area contributed by atoms with E-state index in [1.54, 1.807) is 0 Å². The van der Waals surface area contributed by atoms with Gasteiger partial charge in [0.05, 0.1) is 6.61 Å². The molecule has 3 nitrogen and oxygen atoms in total. The van der Waals surface area contributed by atoms with Gasteiger partial charge in [-0.25, -0.2) is 0 Å². The second-order valence-corrected chi connectivity index (χ2v) is 4.40. The lowest BCUT2D eigenvalue weighted by molar-refractivity contribution is -0.151. The average molecular weight is 171 g/mol. The Morgan fingerprint density at radius 3 is 2.33 bits per heavy atom. The Labute approximate surface area is 73.2 Å². The molecule has 2 rings (SSSR count). The highest BCUT2D eigenvalue weighted by molar-refractivity contribution is 5.01. The molecule has 0 aromatic rings. The van der Waals surface area contributed by atoms with Gasteiger partial charge in [0.25, 0.3) is 0 Å². The average Bonchev–Trinajstić information content (AvgIpc) is 2.25. The van der Waals surface area contributed by atoms with Gasteiger partial charge in [-0.15, -0.1) is 0 Å². The van der Waals surface area contributed by atoms with E-state index in [0.29, 0.717) is 6.61 Å². The highest BCUT2D eigenvalue weighted by Gasteiger charge is 2.47. The Kier molecular flexibility index (Phi) is 1.72. The van der Waals surface area contributed by atoms with Gasteiger partial charge < -0.3 is 15.2 Å². The van der Waals surface area contributed by atoms with Crippen molar-refractivity contribution in [1.29, 1.82) is 0 Å². The number of hydrogen-bond donors (Lipinski definition) is 1. The number of nitrogens with two attached hydrogens (primary N) is 1. The maximum Gasteiger partial charge on any atom is 0.163 e. The lowest BCUT2D eigenvalue weighted by Gasteiger charge is -2.42. The van der Waals surface area contributed by atoms with Crippen molar-refractivity contribution in [2.75, 3.05) is 6.61 Å². The molecule has 0 radical (unpaired) electrons. The number of ether oxygens (including phenoxy) is 2. The minimum atomic E-state index is -0.424. The Morgan fingerprint density at radius 2 is 2.00 bits per heavy atom. The van der Waals surface area contributed by atoms with Gasteiger partial charge in [0, 0.05) is 5.54 Å². The largest absolute Gasteiger partial charge is 0.348 e. The van der Waals surface area contributed by atoms with Crippen LogP contribution in [0.3, 0.4) is 0 Å². The summed E-state index contributed by atoms with van der Waals surface area (Å²) in [6.07, 6.45) is 3.51. The van der Waals surface area contributed by atoms with Crippen molar-refractivity contribution in [2.24, 2.45) is 5.73 Å². The van der Waals surface area contributed by atoms with E-state index in [-0.39, 0.29) is 11.6 Å². The van der Waals surface area contributed by atoms with Gasteiger partial charge in [-0.3, -0.25) is 0 Å². The summed E-state index contributed by atoms with van der Waals surface area (Å²) in [5.41, 5.74) is 6.03. The van der Waals surface area contributed by atoms with Gasteiger partial charge in [0.15, 0.2) is 5.79 Å². The zero-order valence-corrected chi connectivity index (χ0v) is 7.80. The summed E-state index contributed by atoms with van der Waals surface area (Å²) in [5.74, 6) is -0.424. The summed E-state index contributed by atoms with van der Waals surface area (Å²) in [6.45, 7) is 4.54. The summed E-state index contributed by atoms with van der Waals surface area (Å²) in [4.78, 5) is 0. The predicted molar refractivity (Wildman–Crippen MR) is 45.7 cm³/mol. The third kappa shape index (κ3) is 1.26. The van der Waals surface area contributed by atoms with Gasteiger partial charge in [-0.1, -0.05) is 0 Å². The molecule has 2 fully saturated rings. The van der Waals surface area contributed by atoms with E-state index in [1.165, 1.54) is 6.42 Å². The van der Waals surface area contributed by atoms with Gasteiger partial charge >= 0.3 is 0 Å². The van der Waals surface area contributed by atoms with E-state index >= 15 is 0 Å². The van der Waals surface area contributed by atoms with Crippen LogP contribution in [0.4, 0.5) is 0 Å². The normalized spacial score (nSPS) is 37.8. The lowest BCUT2D eigenvalue weighted by atomic mass is 9.74. The van der Waals surface area contributed by atoms with E-state index in [9.17, 15) is 0 Å². The molecule has 3 heteroatoms. The highest BCUT2D eigenvalue weighted by Crippen LogP contribution is 2.38. The minimum absolute atomic E-state index is 0.0895. The molecule has 1 heterocycles. The molecule has 1 aliphatic heterocycles. The Balaban J connectivity index is 1.99. The van der Waals surface area contributed by atoms with Crippen LogP contribution in [0.15, 0.2) is 0 Å². The molecular weight excluding hydrogens is 154 g/mol. The molecule has 0 aromatic carbocycles. The van der Waals surface area contributed by atoms with E-state index in [4.69, 9.17) is 15.2 Å². The Hall–Kier alpha value is -0.120. The van der Waals surface area contributed by atoms with Crippen molar-refractivity contribution in [1.82, 2.24) is 0 Å². The molecule has 0 aromatic heterocycles.